The van der Waals surface area contributed by atoms with Crippen LogP contribution in [-0.2, 0) is 14.8 Å². The summed E-state index contributed by atoms with van der Waals surface area (Å²) < 4.78 is 26.7. The summed E-state index contributed by atoms with van der Waals surface area (Å²) in [7, 11) is -4.04. The predicted octanol–water partition coefficient (Wildman–Crippen LogP) is 1.52. The number of benzene rings is 2. The first kappa shape index (κ1) is 20.8. The Kier molecular flexibility index (Phi) is 7.25. The predicted molar refractivity (Wildman–Crippen MR) is 94.3 cm³/mol. The van der Waals surface area contributed by atoms with Gasteiger partial charge in [-0.1, -0.05) is 49.9 Å². The largest absolute Gasteiger partial charge is 0.391 e. The van der Waals surface area contributed by atoms with E-state index in [1.165, 1.54) is 24.5 Å². The van der Waals surface area contributed by atoms with Crippen molar-refractivity contribution in [2.75, 3.05) is 0 Å². The van der Waals surface area contributed by atoms with E-state index in [1.54, 1.807) is 12.1 Å². The summed E-state index contributed by atoms with van der Waals surface area (Å²) in [6, 6.07) is 14.0. The van der Waals surface area contributed by atoms with Crippen molar-refractivity contribution in [2.24, 2.45) is 0 Å². The molecule has 2 aromatic carbocycles. The maximum absolute atomic E-state index is 12.3. The molecule has 25 heavy (non-hydrogen) atoms. The number of nitrogens with one attached hydrogen (secondary N) is 2. The van der Waals surface area contributed by atoms with E-state index in [9.17, 15) is 18.3 Å². The zero-order chi connectivity index (χ0) is 17.7. The molecule has 2 aromatic rings. The molecule has 0 aliphatic rings. The standard InChI is InChI=1S/C16H18N2O5S.CH4/c1-11(19)15(16(20)17-21)18-24(22,23)14-9-7-13(8-10-14)12-5-3-2-4-6-12;/h2-11,15,18-19,21H,1H3,(H,17,20);1H4/t11-,15+;/m1./s1. The van der Waals surface area contributed by atoms with Crippen LogP contribution in [0.25, 0.3) is 11.1 Å². The summed E-state index contributed by atoms with van der Waals surface area (Å²) in [6.07, 6.45) is -1.32. The summed E-state index contributed by atoms with van der Waals surface area (Å²) in [6.45, 7) is 1.24. The number of carbonyl (C=O) groups is 1. The lowest BCUT2D eigenvalue weighted by molar-refractivity contribution is -0.133. The molecule has 0 spiro atoms. The number of sulfonamides is 1. The molecule has 0 saturated heterocycles. The van der Waals surface area contributed by atoms with Crippen LogP contribution in [0.2, 0.25) is 0 Å². The van der Waals surface area contributed by atoms with Crippen LogP contribution in [0.4, 0.5) is 0 Å². The third-order valence-electron chi connectivity index (χ3n) is 3.43. The molecule has 0 radical (unpaired) electrons. The third kappa shape index (κ3) is 5.10. The Hall–Kier alpha value is -2.26. The van der Waals surface area contributed by atoms with Crippen LogP contribution < -0.4 is 10.2 Å². The van der Waals surface area contributed by atoms with Crippen molar-refractivity contribution in [1.82, 2.24) is 10.2 Å². The Morgan fingerprint density at radius 1 is 1.00 bits per heavy atom. The van der Waals surface area contributed by atoms with Gasteiger partial charge in [0.05, 0.1) is 11.0 Å². The number of carbonyl (C=O) groups excluding carboxylic acids is 1. The van der Waals surface area contributed by atoms with Gasteiger partial charge in [0.15, 0.2) is 0 Å². The molecular weight excluding hydrogens is 344 g/mol. The molecule has 4 N–H and O–H groups in total. The van der Waals surface area contributed by atoms with Gasteiger partial charge in [0.1, 0.15) is 6.04 Å². The highest BCUT2D eigenvalue weighted by molar-refractivity contribution is 7.89. The Morgan fingerprint density at radius 2 is 1.52 bits per heavy atom. The van der Waals surface area contributed by atoms with E-state index in [0.717, 1.165) is 11.1 Å². The molecule has 2 rings (SSSR count). The second kappa shape index (κ2) is 8.72. The summed E-state index contributed by atoms with van der Waals surface area (Å²) in [4.78, 5) is 11.4. The zero-order valence-corrected chi connectivity index (χ0v) is 13.7. The number of aliphatic hydroxyl groups excluding tert-OH is 1. The fourth-order valence-corrected chi connectivity index (χ4v) is 3.40. The summed E-state index contributed by atoms with van der Waals surface area (Å²) in [5.41, 5.74) is 3.11. The van der Waals surface area contributed by atoms with Crippen LogP contribution in [-0.4, -0.2) is 36.8 Å². The van der Waals surface area contributed by atoms with Gasteiger partial charge in [0.2, 0.25) is 10.0 Å². The first-order chi connectivity index (χ1) is 11.3. The topological polar surface area (TPSA) is 116 Å². The van der Waals surface area contributed by atoms with E-state index in [4.69, 9.17) is 5.21 Å². The van der Waals surface area contributed by atoms with Crippen molar-refractivity contribution >= 4 is 15.9 Å². The summed E-state index contributed by atoms with van der Waals surface area (Å²) in [5.74, 6) is -1.05. The molecule has 7 nitrogen and oxygen atoms in total. The first-order valence-electron chi connectivity index (χ1n) is 7.15. The smallest absolute Gasteiger partial charge is 0.264 e. The van der Waals surface area contributed by atoms with Crippen molar-refractivity contribution in [1.29, 1.82) is 0 Å². The van der Waals surface area contributed by atoms with Gasteiger partial charge in [-0.25, -0.2) is 13.9 Å². The van der Waals surface area contributed by atoms with Gasteiger partial charge in [-0.2, -0.15) is 4.72 Å². The number of aliphatic hydroxyl groups is 1. The molecule has 0 heterocycles. The molecule has 0 aromatic heterocycles. The Bertz CT molecular complexity index is 790. The quantitative estimate of drug-likeness (QED) is 0.457. The minimum absolute atomic E-state index is 0. The number of hydroxylamine groups is 1. The first-order valence-corrected chi connectivity index (χ1v) is 8.63. The highest BCUT2D eigenvalue weighted by Crippen LogP contribution is 2.21. The Morgan fingerprint density at radius 3 is 2.00 bits per heavy atom. The molecule has 0 fully saturated rings. The second-order valence-corrected chi connectivity index (χ2v) is 6.92. The maximum Gasteiger partial charge on any atom is 0.264 e. The van der Waals surface area contributed by atoms with Gasteiger partial charge >= 0.3 is 0 Å². The molecule has 0 bridgehead atoms. The summed E-state index contributed by atoms with van der Waals surface area (Å²) in [5, 5.41) is 18.2. The minimum Gasteiger partial charge on any atom is -0.391 e. The van der Waals surface area contributed by atoms with Crippen molar-refractivity contribution in [3.05, 3.63) is 54.6 Å². The molecule has 8 heteroatoms. The molecule has 1 amide bonds. The zero-order valence-electron chi connectivity index (χ0n) is 12.9. The van der Waals surface area contributed by atoms with Gasteiger partial charge in [-0.3, -0.25) is 10.0 Å². The van der Waals surface area contributed by atoms with Crippen LogP contribution in [0.15, 0.2) is 59.5 Å². The van der Waals surface area contributed by atoms with Gasteiger partial charge in [0.25, 0.3) is 5.91 Å². The van der Waals surface area contributed by atoms with Crippen LogP contribution in [0.1, 0.15) is 14.4 Å². The van der Waals surface area contributed by atoms with Gasteiger partial charge < -0.3 is 5.11 Å². The average Bonchev–Trinajstić information content (AvgIpc) is 2.59. The minimum atomic E-state index is -4.04. The van der Waals surface area contributed by atoms with Crippen LogP contribution in [0.3, 0.4) is 0 Å². The average molecular weight is 366 g/mol. The normalized spacial score (nSPS) is 13.4. The monoisotopic (exact) mass is 366 g/mol. The van der Waals surface area contributed by atoms with Gasteiger partial charge in [-0.15, -0.1) is 0 Å². The lowest BCUT2D eigenvalue weighted by Gasteiger charge is -2.19. The number of hydrogen-bond acceptors (Lipinski definition) is 5. The van der Waals surface area contributed by atoms with Crippen molar-refractivity contribution in [2.45, 2.75) is 31.4 Å². The maximum atomic E-state index is 12.3. The second-order valence-electron chi connectivity index (χ2n) is 5.21. The summed E-state index contributed by atoms with van der Waals surface area (Å²) >= 11 is 0. The van der Waals surface area contributed by atoms with Crippen LogP contribution >= 0.6 is 0 Å². The number of rotatable bonds is 6. The van der Waals surface area contributed by atoms with E-state index in [1.807, 2.05) is 30.3 Å². The van der Waals surface area contributed by atoms with E-state index in [-0.39, 0.29) is 12.3 Å². The Labute approximate surface area is 147 Å². The van der Waals surface area contributed by atoms with E-state index in [2.05, 4.69) is 4.72 Å². The lowest BCUT2D eigenvalue weighted by atomic mass is 10.1. The van der Waals surface area contributed by atoms with E-state index >= 15 is 0 Å². The van der Waals surface area contributed by atoms with Crippen LogP contribution in [0.5, 0.6) is 0 Å². The van der Waals surface area contributed by atoms with Gasteiger partial charge in [0, 0.05) is 0 Å². The lowest BCUT2D eigenvalue weighted by Crippen LogP contribution is -2.51. The SMILES string of the molecule is C.C[C@@H](O)[C@H](NS(=O)(=O)c1ccc(-c2ccccc2)cc1)C(=O)NO. The fourth-order valence-electron chi connectivity index (χ4n) is 2.13. The molecule has 0 aliphatic heterocycles. The fraction of sp³-hybridized carbons (Fsp3) is 0.235. The van der Waals surface area contributed by atoms with Crippen LogP contribution in [0, 0.1) is 0 Å². The highest BCUT2D eigenvalue weighted by atomic mass is 32.2. The molecular formula is C17H22N2O5S. The molecule has 0 aliphatic carbocycles. The molecule has 0 unspecified atom stereocenters. The van der Waals surface area contributed by atoms with E-state index in [0.29, 0.717) is 0 Å². The molecule has 0 saturated carbocycles. The third-order valence-corrected chi connectivity index (χ3v) is 4.89. The highest BCUT2D eigenvalue weighted by Gasteiger charge is 2.29. The van der Waals surface area contributed by atoms with E-state index < -0.39 is 28.1 Å². The number of amides is 1. The van der Waals surface area contributed by atoms with Crippen molar-refractivity contribution in [3.63, 3.8) is 0 Å². The van der Waals surface area contributed by atoms with Crippen molar-refractivity contribution in [3.8, 4) is 11.1 Å². The molecule has 136 valence electrons. The number of hydrogen-bond donors (Lipinski definition) is 4. The molecule has 2 atom stereocenters. The Balaban J connectivity index is 0.00000312. The van der Waals surface area contributed by atoms with Gasteiger partial charge in [-0.05, 0) is 30.2 Å². The van der Waals surface area contributed by atoms with Crippen molar-refractivity contribution < 1.29 is 23.5 Å².